The molecule has 23 heavy (non-hydrogen) atoms. The smallest absolute Gasteiger partial charge is 0.242 e. The van der Waals surface area contributed by atoms with E-state index in [1.165, 1.54) is 5.56 Å². The molecule has 1 amide bonds. The topological polar surface area (TPSA) is 45.6 Å². The zero-order valence-electron chi connectivity index (χ0n) is 13.3. The highest BCUT2D eigenvalue weighted by atomic mass is 35.5. The molecule has 0 fully saturated rings. The summed E-state index contributed by atoms with van der Waals surface area (Å²) in [7, 11) is 0. The highest BCUT2D eigenvalue weighted by molar-refractivity contribution is 7.12. The predicted octanol–water partition coefficient (Wildman–Crippen LogP) is 4.50. The Labute approximate surface area is 144 Å². The van der Waals surface area contributed by atoms with Crippen LogP contribution in [0.15, 0.2) is 28.8 Å². The zero-order valence-corrected chi connectivity index (χ0v) is 14.9. The van der Waals surface area contributed by atoms with Crippen LogP contribution >= 0.6 is 22.9 Å². The maximum absolute atomic E-state index is 12.3. The van der Waals surface area contributed by atoms with Gasteiger partial charge in [0.05, 0.1) is 16.6 Å². The van der Waals surface area contributed by atoms with E-state index < -0.39 is 0 Å². The molecule has 0 spiro atoms. The highest BCUT2D eigenvalue weighted by Gasteiger charge is 2.34. The number of rotatable bonds is 3. The molecule has 1 aliphatic heterocycles. The minimum absolute atomic E-state index is 0.00470. The van der Waals surface area contributed by atoms with Gasteiger partial charge in [0, 0.05) is 35.3 Å². The molecule has 6 heteroatoms. The number of amides is 1. The number of hydrazone groups is 1. The number of nitrogens with zero attached hydrogens (tertiary/aromatic N) is 3. The van der Waals surface area contributed by atoms with Crippen LogP contribution in [0.3, 0.4) is 0 Å². The Bertz CT molecular complexity index is 784. The van der Waals surface area contributed by atoms with Gasteiger partial charge in [-0.2, -0.15) is 5.10 Å². The number of thiophene rings is 1. The van der Waals surface area contributed by atoms with Crippen LogP contribution in [0.1, 0.15) is 47.5 Å². The van der Waals surface area contributed by atoms with E-state index in [9.17, 15) is 4.79 Å². The van der Waals surface area contributed by atoms with E-state index in [0.29, 0.717) is 17.9 Å². The number of hydrogen-bond donors (Lipinski definition) is 0. The fourth-order valence-electron chi connectivity index (χ4n) is 2.66. The molecule has 0 aliphatic carbocycles. The number of hydrogen-bond acceptors (Lipinski definition) is 4. The van der Waals surface area contributed by atoms with Crippen LogP contribution in [0.25, 0.3) is 0 Å². The fourth-order valence-corrected chi connectivity index (χ4v) is 3.89. The average molecular weight is 348 g/mol. The van der Waals surface area contributed by atoms with Crippen LogP contribution in [-0.4, -0.2) is 21.6 Å². The average Bonchev–Trinajstić information content (AvgIpc) is 3.13. The molecule has 120 valence electrons. The maximum Gasteiger partial charge on any atom is 0.242 e. The van der Waals surface area contributed by atoms with Gasteiger partial charge >= 0.3 is 0 Å². The number of pyridine rings is 1. The van der Waals surface area contributed by atoms with Gasteiger partial charge < -0.3 is 0 Å². The summed E-state index contributed by atoms with van der Waals surface area (Å²) in [5.74, 6) is -0.00470. The van der Waals surface area contributed by atoms with E-state index in [2.05, 4.69) is 28.5 Å². The van der Waals surface area contributed by atoms with Crippen LogP contribution in [0, 0.1) is 13.8 Å². The zero-order chi connectivity index (χ0) is 16.6. The molecule has 4 nitrogen and oxygen atoms in total. The van der Waals surface area contributed by atoms with Gasteiger partial charge in [-0.05, 0) is 36.9 Å². The van der Waals surface area contributed by atoms with Crippen molar-refractivity contribution in [3.8, 4) is 0 Å². The van der Waals surface area contributed by atoms with Crippen molar-refractivity contribution in [3.05, 3.63) is 50.4 Å². The van der Waals surface area contributed by atoms with Gasteiger partial charge in [-0.15, -0.1) is 11.3 Å². The minimum Gasteiger partial charge on any atom is -0.273 e. The van der Waals surface area contributed by atoms with Crippen molar-refractivity contribution in [2.75, 3.05) is 0 Å². The van der Waals surface area contributed by atoms with Gasteiger partial charge in [0.25, 0.3) is 0 Å². The Hall–Kier alpha value is -1.72. The number of halogens is 1. The van der Waals surface area contributed by atoms with Crippen molar-refractivity contribution < 1.29 is 4.79 Å². The SMILES string of the molecule is CCC(=O)N1N=C(c2cc(C)cs2)CC1c1cnc(C)cc1Cl. The lowest BCUT2D eigenvalue weighted by Gasteiger charge is -2.22. The summed E-state index contributed by atoms with van der Waals surface area (Å²) in [5, 5.41) is 8.89. The molecule has 0 saturated carbocycles. The molecule has 0 saturated heterocycles. The molecule has 0 radical (unpaired) electrons. The standard InChI is InChI=1S/C17H18ClN3OS/c1-4-17(22)21-15(12-8-19-11(3)6-13(12)18)7-14(20-21)16-5-10(2)9-23-16/h5-6,8-9,15H,4,7H2,1-3H3. The molecular formula is C17H18ClN3OS. The first-order chi connectivity index (χ1) is 11.0. The van der Waals surface area contributed by atoms with Crippen molar-refractivity contribution in [3.63, 3.8) is 0 Å². The number of carbonyl (C=O) groups is 1. The molecule has 2 aromatic heterocycles. The van der Waals surface area contributed by atoms with Crippen LogP contribution in [0.5, 0.6) is 0 Å². The maximum atomic E-state index is 12.3. The van der Waals surface area contributed by atoms with Gasteiger partial charge in [0.2, 0.25) is 5.91 Å². The van der Waals surface area contributed by atoms with E-state index in [0.717, 1.165) is 21.8 Å². The normalized spacial score (nSPS) is 17.5. The van der Waals surface area contributed by atoms with E-state index in [1.807, 2.05) is 19.9 Å². The Balaban J connectivity index is 1.98. The van der Waals surface area contributed by atoms with E-state index >= 15 is 0 Å². The quantitative estimate of drug-likeness (QED) is 0.820. The lowest BCUT2D eigenvalue weighted by Crippen LogP contribution is -2.26. The second kappa shape index (κ2) is 6.42. The summed E-state index contributed by atoms with van der Waals surface area (Å²) < 4.78 is 0. The molecule has 0 aromatic carbocycles. The van der Waals surface area contributed by atoms with Gasteiger partial charge in [-0.1, -0.05) is 18.5 Å². The molecule has 1 unspecified atom stereocenters. The molecule has 3 heterocycles. The Morgan fingerprint density at radius 2 is 2.22 bits per heavy atom. The third kappa shape index (κ3) is 3.16. The van der Waals surface area contributed by atoms with E-state index in [1.54, 1.807) is 22.5 Å². The molecule has 3 rings (SSSR count). The third-order valence-electron chi connectivity index (χ3n) is 3.86. The molecule has 0 N–H and O–H groups in total. The van der Waals surface area contributed by atoms with Crippen LogP contribution in [-0.2, 0) is 4.79 Å². The van der Waals surface area contributed by atoms with Gasteiger partial charge in [-0.25, -0.2) is 5.01 Å². The fraction of sp³-hybridized carbons (Fsp3) is 0.353. The van der Waals surface area contributed by atoms with Crippen molar-refractivity contribution in [1.29, 1.82) is 0 Å². The molecule has 1 atom stereocenters. The number of carbonyl (C=O) groups excluding carboxylic acids is 1. The molecule has 2 aromatic rings. The summed E-state index contributed by atoms with van der Waals surface area (Å²) in [6, 6.07) is 3.76. The minimum atomic E-state index is -0.180. The van der Waals surface area contributed by atoms with Gasteiger partial charge in [0.15, 0.2) is 0 Å². The number of aryl methyl sites for hydroxylation is 2. The summed E-state index contributed by atoms with van der Waals surface area (Å²) in [5.41, 5.74) is 3.86. The Morgan fingerprint density at radius 3 is 2.83 bits per heavy atom. The third-order valence-corrected chi connectivity index (χ3v) is 5.29. The van der Waals surface area contributed by atoms with E-state index in [-0.39, 0.29) is 11.9 Å². The van der Waals surface area contributed by atoms with Crippen LogP contribution in [0.4, 0.5) is 0 Å². The van der Waals surface area contributed by atoms with Crippen molar-refractivity contribution in [2.45, 2.75) is 39.7 Å². The monoisotopic (exact) mass is 347 g/mol. The van der Waals surface area contributed by atoms with Gasteiger partial charge in [-0.3, -0.25) is 9.78 Å². The van der Waals surface area contributed by atoms with E-state index in [4.69, 9.17) is 11.6 Å². The largest absolute Gasteiger partial charge is 0.273 e. The molecule has 1 aliphatic rings. The summed E-state index contributed by atoms with van der Waals surface area (Å²) in [6.07, 6.45) is 2.83. The first-order valence-electron chi connectivity index (χ1n) is 7.56. The lowest BCUT2D eigenvalue weighted by atomic mass is 10.0. The van der Waals surface area contributed by atoms with Crippen LogP contribution in [0.2, 0.25) is 5.02 Å². The summed E-state index contributed by atoms with van der Waals surface area (Å²) in [4.78, 5) is 17.8. The van der Waals surface area contributed by atoms with Crippen molar-refractivity contribution >= 4 is 34.6 Å². The van der Waals surface area contributed by atoms with Gasteiger partial charge in [0.1, 0.15) is 0 Å². The second-order valence-electron chi connectivity index (χ2n) is 5.69. The predicted molar refractivity (Wildman–Crippen MR) is 94.1 cm³/mol. The number of aromatic nitrogens is 1. The second-order valence-corrected chi connectivity index (χ2v) is 7.01. The van der Waals surface area contributed by atoms with Crippen molar-refractivity contribution in [1.82, 2.24) is 9.99 Å². The van der Waals surface area contributed by atoms with Crippen molar-refractivity contribution in [2.24, 2.45) is 5.10 Å². The summed E-state index contributed by atoms with van der Waals surface area (Å²) in [6.45, 7) is 5.80. The molecule has 0 bridgehead atoms. The molecular weight excluding hydrogens is 330 g/mol. The first kappa shape index (κ1) is 16.1. The Kier molecular flexibility index (Phi) is 4.50. The first-order valence-corrected chi connectivity index (χ1v) is 8.82. The summed E-state index contributed by atoms with van der Waals surface area (Å²) >= 11 is 8.05. The van der Waals surface area contributed by atoms with Crippen LogP contribution < -0.4 is 0 Å². The lowest BCUT2D eigenvalue weighted by molar-refractivity contribution is -0.132. The highest BCUT2D eigenvalue weighted by Crippen LogP contribution is 2.37. The Morgan fingerprint density at radius 1 is 1.43 bits per heavy atom.